The Morgan fingerprint density at radius 1 is 0.976 bits per heavy atom. The zero-order valence-corrected chi connectivity index (χ0v) is 24.4. The number of sulfonamides is 1. The van der Waals surface area contributed by atoms with Crippen LogP contribution in [0, 0.1) is 6.92 Å². The minimum Gasteiger partial charge on any atom is -0.355 e. The first-order valence-electron chi connectivity index (χ1n) is 12.7. The summed E-state index contributed by atoms with van der Waals surface area (Å²) in [6.07, 6.45) is -3.89. The monoisotopic (exact) mass is 609 g/mol. The zero-order chi connectivity index (χ0) is 30.4. The van der Waals surface area contributed by atoms with Crippen molar-refractivity contribution in [1.82, 2.24) is 10.2 Å². The fourth-order valence-corrected chi connectivity index (χ4v) is 5.45. The lowest BCUT2D eigenvalue weighted by atomic mass is 10.0. The van der Waals surface area contributed by atoms with Crippen LogP contribution in [-0.2, 0) is 38.8 Å². The largest absolute Gasteiger partial charge is 0.416 e. The van der Waals surface area contributed by atoms with Crippen molar-refractivity contribution in [2.75, 3.05) is 23.7 Å². The topological polar surface area (TPSA) is 86.8 Å². The molecule has 0 unspecified atom stereocenters. The van der Waals surface area contributed by atoms with Gasteiger partial charge in [0.2, 0.25) is 21.8 Å². The van der Waals surface area contributed by atoms with Gasteiger partial charge < -0.3 is 10.2 Å². The third-order valence-corrected chi connectivity index (χ3v) is 7.72. The molecule has 1 N–H and O–H groups in total. The number of carbonyl (C=O) groups is 2. The highest BCUT2D eigenvalue weighted by Crippen LogP contribution is 2.36. The molecular weight excluding hydrogens is 579 g/mol. The minimum atomic E-state index is -4.78. The normalized spacial score (nSPS) is 12.5. The molecule has 2 amide bonds. The van der Waals surface area contributed by atoms with E-state index in [1.165, 1.54) is 4.90 Å². The maximum absolute atomic E-state index is 14.0. The molecule has 7 nitrogen and oxygen atoms in total. The van der Waals surface area contributed by atoms with Crippen molar-refractivity contribution >= 4 is 39.1 Å². The van der Waals surface area contributed by atoms with Gasteiger partial charge in [0.05, 0.1) is 22.5 Å². The Balaban J connectivity index is 2.10. The fraction of sp³-hybridized carbons (Fsp3) is 0.310. The highest BCUT2D eigenvalue weighted by molar-refractivity contribution is 7.92. The molecule has 0 fully saturated rings. The molecular formula is C29H31ClF3N3O4S. The number of anilines is 1. The van der Waals surface area contributed by atoms with E-state index in [-0.39, 0.29) is 24.5 Å². The van der Waals surface area contributed by atoms with Gasteiger partial charge in [-0.15, -0.1) is 0 Å². The number of nitrogens with zero attached hydrogens (tertiary/aromatic N) is 2. The third kappa shape index (κ3) is 8.71. The lowest BCUT2D eigenvalue weighted by molar-refractivity contribution is -0.140. The van der Waals surface area contributed by atoms with Gasteiger partial charge in [-0.1, -0.05) is 71.8 Å². The molecule has 0 bridgehead atoms. The van der Waals surface area contributed by atoms with Crippen LogP contribution < -0.4 is 9.62 Å². The van der Waals surface area contributed by atoms with Gasteiger partial charge in [0, 0.05) is 19.5 Å². The van der Waals surface area contributed by atoms with Crippen LogP contribution in [0.5, 0.6) is 0 Å². The smallest absolute Gasteiger partial charge is 0.355 e. The van der Waals surface area contributed by atoms with Crippen LogP contribution in [0.1, 0.15) is 29.2 Å². The summed E-state index contributed by atoms with van der Waals surface area (Å²) in [5.74, 6) is -1.25. The molecule has 0 spiro atoms. The standard InChI is InChI=1S/C29H31ClF3N3O4S/c1-4-34-28(38)26(16-21-10-6-5-7-11-21)35(18-22-12-8-9-20(2)15-22)27(37)19-36(41(3,39)40)25-17-23(29(31,32)33)13-14-24(25)30/h5-15,17,26H,4,16,18-19H2,1-3H3,(H,34,38)/t26-/m0/s1. The van der Waals surface area contributed by atoms with Crippen LogP contribution in [0.2, 0.25) is 5.02 Å². The Bertz CT molecular complexity index is 1480. The van der Waals surface area contributed by atoms with Crippen molar-refractivity contribution in [3.8, 4) is 0 Å². The van der Waals surface area contributed by atoms with Crippen molar-refractivity contribution in [3.63, 3.8) is 0 Å². The number of amides is 2. The van der Waals surface area contributed by atoms with E-state index < -0.39 is 51.9 Å². The molecule has 1 atom stereocenters. The molecule has 220 valence electrons. The summed E-state index contributed by atoms with van der Waals surface area (Å²) in [7, 11) is -4.29. The molecule has 3 rings (SSSR count). The van der Waals surface area contributed by atoms with Gasteiger partial charge in [-0.2, -0.15) is 13.2 Å². The summed E-state index contributed by atoms with van der Waals surface area (Å²) in [4.78, 5) is 28.6. The number of nitrogens with one attached hydrogen (secondary N) is 1. The summed E-state index contributed by atoms with van der Waals surface area (Å²) in [5.41, 5.74) is 0.723. The first kappa shape index (κ1) is 32.0. The number of likely N-dealkylation sites (N-methyl/N-ethyl adjacent to an activating group) is 1. The minimum absolute atomic E-state index is 0.0525. The van der Waals surface area contributed by atoms with Crippen LogP contribution in [-0.4, -0.2) is 50.5 Å². The molecule has 41 heavy (non-hydrogen) atoms. The van der Waals surface area contributed by atoms with E-state index in [2.05, 4.69) is 5.32 Å². The van der Waals surface area contributed by atoms with Crippen LogP contribution in [0.4, 0.5) is 18.9 Å². The van der Waals surface area contributed by atoms with Gasteiger partial charge in [0.25, 0.3) is 0 Å². The number of alkyl halides is 3. The van der Waals surface area contributed by atoms with Crippen molar-refractivity contribution in [1.29, 1.82) is 0 Å². The summed E-state index contributed by atoms with van der Waals surface area (Å²) in [6, 6.07) is 17.4. The van der Waals surface area contributed by atoms with Crippen molar-refractivity contribution < 1.29 is 31.2 Å². The number of halogens is 4. The maximum Gasteiger partial charge on any atom is 0.416 e. The van der Waals surface area contributed by atoms with Crippen LogP contribution >= 0.6 is 11.6 Å². The van der Waals surface area contributed by atoms with E-state index in [0.29, 0.717) is 15.9 Å². The van der Waals surface area contributed by atoms with Gasteiger partial charge in [0.15, 0.2) is 0 Å². The number of hydrogen-bond donors (Lipinski definition) is 1. The highest BCUT2D eigenvalue weighted by Gasteiger charge is 2.35. The molecule has 0 aliphatic heterocycles. The van der Waals surface area contributed by atoms with E-state index in [9.17, 15) is 31.2 Å². The van der Waals surface area contributed by atoms with Gasteiger partial charge in [0.1, 0.15) is 12.6 Å². The Morgan fingerprint density at radius 3 is 2.22 bits per heavy atom. The quantitative estimate of drug-likeness (QED) is 0.323. The summed E-state index contributed by atoms with van der Waals surface area (Å²) < 4.78 is 66.6. The van der Waals surface area contributed by atoms with Gasteiger partial charge in [-0.25, -0.2) is 8.42 Å². The van der Waals surface area contributed by atoms with Crippen LogP contribution in [0.15, 0.2) is 72.8 Å². The van der Waals surface area contributed by atoms with Crippen molar-refractivity contribution in [3.05, 3.63) is 100 Å². The maximum atomic E-state index is 14.0. The molecule has 0 aliphatic carbocycles. The number of benzene rings is 3. The second kappa shape index (κ2) is 13.4. The third-order valence-electron chi connectivity index (χ3n) is 6.28. The average Bonchev–Trinajstić information content (AvgIpc) is 2.89. The summed E-state index contributed by atoms with van der Waals surface area (Å²) in [6.45, 7) is 2.94. The Labute approximate surface area is 243 Å². The van der Waals surface area contributed by atoms with E-state index in [4.69, 9.17) is 11.6 Å². The fourth-order valence-electron chi connectivity index (χ4n) is 4.33. The van der Waals surface area contributed by atoms with Gasteiger partial charge in [-0.05, 0) is 43.2 Å². The SMILES string of the molecule is CCNC(=O)[C@H](Cc1ccccc1)N(Cc1cccc(C)c1)C(=O)CN(c1cc(C(F)(F)F)ccc1Cl)S(C)(=O)=O. The van der Waals surface area contributed by atoms with Crippen LogP contribution in [0.25, 0.3) is 0 Å². The molecule has 0 aromatic heterocycles. The van der Waals surface area contributed by atoms with E-state index in [1.54, 1.807) is 43.3 Å². The second-order valence-corrected chi connectivity index (χ2v) is 11.9. The average molecular weight is 610 g/mol. The van der Waals surface area contributed by atoms with E-state index in [1.807, 2.05) is 25.1 Å². The molecule has 0 saturated heterocycles. The molecule has 12 heteroatoms. The first-order chi connectivity index (χ1) is 19.2. The number of aryl methyl sites for hydroxylation is 1. The van der Waals surface area contributed by atoms with Gasteiger partial charge in [-0.3, -0.25) is 13.9 Å². The molecule has 0 aliphatic rings. The summed E-state index contributed by atoms with van der Waals surface area (Å²) >= 11 is 6.16. The Morgan fingerprint density at radius 2 is 1.63 bits per heavy atom. The van der Waals surface area contributed by atoms with E-state index >= 15 is 0 Å². The molecule has 0 heterocycles. The molecule has 3 aromatic carbocycles. The number of rotatable bonds is 11. The zero-order valence-electron chi connectivity index (χ0n) is 22.8. The highest BCUT2D eigenvalue weighted by atomic mass is 35.5. The van der Waals surface area contributed by atoms with Crippen LogP contribution in [0.3, 0.4) is 0 Å². The predicted octanol–water partition coefficient (Wildman–Crippen LogP) is 5.21. The number of hydrogen-bond acceptors (Lipinski definition) is 4. The summed E-state index contributed by atoms with van der Waals surface area (Å²) in [5, 5.41) is 2.45. The molecule has 0 saturated carbocycles. The number of carbonyl (C=O) groups excluding carboxylic acids is 2. The first-order valence-corrected chi connectivity index (χ1v) is 14.9. The van der Waals surface area contributed by atoms with E-state index in [0.717, 1.165) is 29.5 Å². The lowest BCUT2D eigenvalue weighted by Gasteiger charge is -2.33. The van der Waals surface area contributed by atoms with Crippen molar-refractivity contribution in [2.24, 2.45) is 0 Å². The Kier molecular flexibility index (Phi) is 10.4. The van der Waals surface area contributed by atoms with Crippen molar-refractivity contribution in [2.45, 2.75) is 39.0 Å². The van der Waals surface area contributed by atoms with Gasteiger partial charge >= 0.3 is 6.18 Å². The predicted molar refractivity (Wildman–Crippen MR) is 153 cm³/mol. The molecule has 3 aromatic rings. The second-order valence-electron chi connectivity index (χ2n) is 9.54. The molecule has 0 radical (unpaired) electrons. The Hall–Kier alpha value is -3.57. The lowest BCUT2D eigenvalue weighted by Crippen LogP contribution is -2.53.